The number of carboxylic acids is 2. The summed E-state index contributed by atoms with van der Waals surface area (Å²) in [6.07, 6.45) is 0.163. The van der Waals surface area contributed by atoms with E-state index in [0.29, 0.717) is 0 Å². The van der Waals surface area contributed by atoms with Crippen LogP contribution < -0.4 is 4.74 Å². The predicted molar refractivity (Wildman–Crippen MR) is 59.9 cm³/mol. The molecule has 1 aromatic rings. The lowest BCUT2D eigenvalue weighted by molar-refractivity contribution is -0.154. The molecule has 98 valence electrons. The van der Waals surface area contributed by atoms with Crippen molar-refractivity contribution in [3.8, 4) is 5.75 Å². The third-order valence-corrected chi connectivity index (χ3v) is 2.33. The number of hydrogen-bond acceptors (Lipinski definition) is 3. The Morgan fingerprint density at radius 1 is 1.22 bits per heavy atom. The van der Waals surface area contributed by atoms with Crippen molar-refractivity contribution in [1.29, 1.82) is 0 Å². The Morgan fingerprint density at radius 2 is 1.83 bits per heavy atom. The Balaban J connectivity index is 2.37. The summed E-state index contributed by atoms with van der Waals surface area (Å²) in [4.78, 5) is 21.2. The van der Waals surface area contributed by atoms with Gasteiger partial charge in [0.05, 0.1) is 6.61 Å². The Bertz CT molecular complexity index is 418. The van der Waals surface area contributed by atoms with Gasteiger partial charge in [0.25, 0.3) is 0 Å². The minimum absolute atomic E-state index is 0.0564. The average Bonchev–Trinajstić information content (AvgIpc) is 2.30. The molecule has 1 rings (SSSR count). The van der Waals surface area contributed by atoms with Crippen LogP contribution in [0.3, 0.4) is 0 Å². The molecule has 0 heterocycles. The highest BCUT2D eigenvalue weighted by Gasteiger charge is 2.24. The number of ether oxygens (including phenoxy) is 1. The van der Waals surface area contributed by atoms with E-state index >= 15 is 0 Å². The van der Waals surface area contributed by atoms with Crippen LogP contribution in [0.5, 0.6) is 5.75 Å². The summed E-state index contributed by atoms with van der Waals surface area (Å²) in [5.74, 6) is -4.65. The van der Waals surface area contributed by atoms with Crippen LogP contribution in [0, 0.1) is 11.7 Å². The summed E-state index contributed by atoms with van der Waals surface area (Å²) in [6, 6.07) is 5.82. The van der Waals surface area contributed by atoms with Crippen molar-refractivity contribution in [2.45, 2.75) is 12.8 Å². The first-order valence-electron chi connectivity index (χ1n) is 5.35. The molecule has 0 amide bonds. The van der Waals surface area contributed by atoms with Gasteiger partial charge >= 0.3 is 11.9 Å². The van der Waals surface area contributed by atoms with Crippen molar-refractivity contribution in [2.75, 3.05) is 6.61 Å². The standard InChI is InChI=1S/C12H13FO5/c13-9-5-1-2-6-10(9)18-7-3-4-8(11(14)15)12(16)17/h1-2,5-6,8H,3-4,7H2,(H,14,15)(H,16,17). The molecule has 0 unspecified atom stereocenters. The smallest absolute Gasteiger partial charge is 0.317 e. The van der Waals surface area contributed by atoms with Gasteiger partial charge in [0.2, 0.25) is 0 Å². The quantitative estimate of drug-likeness (QED) is 0.573. The maximum atomic E-state index is 13.1. The molecule has 5 nitrogen and oxygen atoms in total. The largest absolute Gasteiger partial charge is 0.491 e. The molecular weight excluding hydrogens is 243 g/mol. The van der Waals surface area contributed by atoms with Crippen molar-refractivity contribution >= 4 is 11.9 Å². The molecule has 0 fully saturated rings. The van der Waals surface area contributed by atoms with E-state index in [1.54, 1.807) is 6.07 Å². The number of rotatable bonds is 7. The lowest BCUT2D eigenvalue weighted by Gasteiger charge is -2.09. The second-order valence-corrected chi connectivity index (χ2v) is 3.65. The van der Waals surface area contributed by atoms with Gasteiger partial charge in [-0.25, -0.2) is 4.39 Å². The molecule has 0 atom stereocenters. The fraction of sp³-hybridized carbons (Fsp3) is 0.333. The topological polar surface area (TPSA) is 83.8 Å². The fourth-order valence-electron chi connectivity index (χ4n) is 1.38. The fourth-order valence-corrected chi connectivity index (χ4v) is 1.38. The van der Waals surface area contributed by atoms with Gasteiger partial charge in [-0.05, 0) is 25.0 Å². The Morgan fingerprint density at radius 3 is 2.39 bits per heavy atom. The van der Waals surface area contributed by atoms with Gasteiger partial charge in [0.1, 0.15) is 0 Å². The summed E-state index contributed by atoms with van der Waals surface area (Å²) < 4.78 is 18.2. The highest BCUT2D eigenvalue weighted by molar-refractivity contribution is 5.92. The van der Waals surface area contributed by atoms with Crippen molar-refractivity contribution in [2.24, 2.45) is 5.92 Å². The van der Waals surface area contributed by atoms with E-state index in [1.807, 2.05) is 0 Å². The highest BCUT2D eigenvalue weighted by Crippen LogP contribution is 2.16. The van der Waals surface area contributed by atoms with Gasteiger partial charge in [-0.2, -0.15) is 0 Å². The summed E-state index contributed by atoms with van der Waals surface area (Å²) in [6.45, 7) is 0.0675. The van der Waals surface area contributed by atoms with Crippen molar-refractivity contribution in [1.82, 2.24) is 0 Å². The summed E-state index contributed by atoms with van der Waals surface area (Å²) in [5, 5.41) is 17.2. The number of para-hydroxylation sites is 1. The SMILES string of the molecule is O=C(O)C(CCCOc1ccccc1F)C(=O)O. The van der Waals surface area contributed by atoms with E-state index < -0.39 is 23.7 Å². The summed E-state index contributed by atoms with van der Waals surface area (Å²) >= 11 is 0. The first-order valence-corrected chi connectivity index (χ1v) is 5.35. The number of hydrogen-bond donors (Lipinski definition) is 2. The maximum Gasteiger partial charge on any atom is 0.317 e. The monoisotopic (exact) mass is 256 g/mol. The van der Waals surface area contributed by atoms with Gasteiger partial charge in [-0.15, -0.1) is 0 Å². The predicted octanol–water partition coefficient (Wildman–Crippen LogP) is 1.77. The third kappa shape index (κ3) is 4.04. The second kappa shape index (κ2) is 6.58. The van der Waals surface area contributed by atoms with Crippen LogP contribution in [0.15, 0.2) is 24.3 Å². The number of carboxylic acid groups (broad SMARTS) is 2. The lowest BCUT2D eigenvalue weighted by Crippen LogP contribution is -2.23. The maximum absolute atomic E-state index is 13.1. The second-order valence-electron chi connectivity index (χ2n) is 3.65. The Kier molecular flexibility index (Phi) is 5.10. The van der Waals surface area contributed by atoms with Crippen LogP contribution in [0.2, 0.25) is 0 Å². The number of benzene rings is 1. The first kappa shape index (κ1) is 14.0. The van der Waals surface area contributed by atoms with Gasteiger partial charge in [0.15, 0.2) is 17.5 Å². The van der Waals surface area contributed by atoms with Gasteiger partial charge < -0.3 is 14.9 Å². The molecule has 0 aliphatic heterocycles. The summed E-state index contributed by atoms with van der Waals surface area (Å²) in [7, 11) is 0. The molecule has 0 bridgehead atoms. The molecule has 18 heavy (non-hydrogen) atoms. The molecule has 0 saturated heterocycles. The van der Waals surface area contributed by atoms with E-state index in [9.17, 15) is 14.0 Å². The van der Waals surface area contributed by atoms with Crippen LogP contribution in [0.25, 0.3) is 0 Å². The summed E-state index contributed by atoms with van der Waals surface area (Å²) in [5.41, 5.74) is 0. The van der Waals surface area contributed by atoms with Crippen LogP contribution >= 0.6 is 0 Å². The molecule has 0 saturated carbocycles. The molecule has 6 heteroatoms. The molecule has 2 N–H and O–H groups in total. The van der Waals surface area contributed by atoms with Gasteiger partial charge in [-0.3, -0.25) is 9.59 Å². The van der Waals surface area contributed by atoms with Crippen LogP contribution in [-0.4, -0.2) is 28.8 Å². The van der Waals surface area contributed by atoms with Crippen LogP contribution in [0.1, 0.15) is 12.8 Å². The first-order chi connectivity index (χ1) is 8.52. The highest BCUT2D eigenvalue weighted by atomic mass is 19.1. The minimum atomic E-state index is -1.45. The molecule has 0 radical (unpaired) electrons. The number of carbonyl (C=O) groups is 2. The van der Waals surface area contributed by atoms with Gasteiger partial charge in [0, 0.05) is 0 Å². The Labute approximate surface area is 103 Å². The Hall–Kier alpha value is -2.11. The zero-order valence-electron chi connectivity index (χ0n) is 9.51. The average molecular weight is 256 g/mol. The van der Waals surface area contributed by atoms with Gasteiger partial charge in [-0.1, -0.05) is 12.1 Å². The normalized spacial score (nSPS) is 10.3. The number of halogens is 1. The van der Waals surface area contributed by atoms with Crippen LogP contribution in [0.4, 0.5) is 4.39 Å². The van der Waals surface area contributed by atoms with E-state index in [1.165, 1.54) is 18.2 Å². The zero-order valence-corrected chi connectivity index (χ0v) is 9.51. The minimum Gasteiger partial charge on any atom is -0.491 e. The molecular formula is C12H13FO5. The van der Waals surface area contributed by atoms with Crippen molar-refractivity contribution in [3.63, 3.8) is 0 Å². The van der Waals surface area contributed by atoms with E-state index in [2.05, 4.69) is 0 Å². The molecule has 0 spiro atoms. The van der Waals surface area contributed by atoms with Crippen molar-refractivity contribution in [3.05, 3.63) is 30.1 Å². The number of aliphatic carboxylic acids is 2. The molecule has 0 aliphatic carbocycles. The lowest BCUT2D eigenvalue weighted by atomic mass is 10.0. The van der Waals surface area contributed by atoms with E-state index in [-0.39, 0.29) is 25.2 Å². The zero-order chi connectivity index (χ0) is 13.5. The molecule has 0 aromatic heterocycles. The molecule has 1 aromatic carbocycles. The molecule has 0 aliphatic rings. The van der Waals surface area contributed by atoms with E-state index in [4.69, 9.17) is 14.9 Å². The van der Waals surface area contributed by atoms with Crippen LogP contribution in [-0.2, 0) is 9.59 Å². The third-order valence-electron chi connectivity index (χ3n) is 2.33. The van der Waals surface area contributed by atoms with Crippen molar-refractivity contribution < 1.29 is 28.9 Å². The van der Waals surface area contributed by atoms with E-state index in [0.717, 1.165) is 0 Å².